The van der Waals surface area contributed by atoms with Gasteiger partial charge < -0.3 is 10.6 Å². The molecule has 1 aliphatic rings. The summed E-state index contributed by atoms with van der Waals surface area (Å²) in [5.41, 5.74) is 0.999. The van der Waals surface area contributed by atoms with Crippen molar-refractivity contribution >= 4 is 23.5 Å². The van der Waals surface area contributed by atoms with Crippen LogP contribution in [0.4, 0.5) is 11.8 Å². The number of nitrogens with one attached hydrogen (secondary N) is 2. The summed E-state index contributed by atoms with van der Waals surface area (Å²) in [7, 11) is 0. The topological polar surface area (TPSA) is 49.8 Å². The van der Waals surface area contributed by atoms with Crippen molar-refractivity contribution in [3.63, 3.8) is 0 Å². The molecule has 1 unspecified atom stereocenters. The van der Waals surface area contributed by atoms with Gasteiger partial charge in [-0.3, -0.25) is 0 Å². The van der Waals surface area contributed by atoms with Gasteiger partial charge in [-0.1, -0.05) is 0 Å². The fourth-order valence-electron chi connectivity index (χ4n) is 1.74. The van der Waals surface area contributed by atoms with Gasteiger partial charge in [0, 0.05) is 30.1 Å². The van der Waals surface area contributed by atoms with Crippen molar-refractivity contribution in [2.24, 2.45) is 0 Å². The quantitative estimate of drug-likeness (QED) is 0.841. The van der Waals surface area contributed by atoms with Gasteiger partial charge in [0.25, 0.3) is 0 Å². The minimum absolute atomic E-state index is 0.564. The van der Waals surface area contributed by atoms with Crippen LogP contribution in [0.5, 0.6) is 0 Å². The largest absolute Gasteiger partial charge is 0.366 e. The summed E-state index contributed by atoms with van der Waals surface area (Å²) in [5.74, 6) is 4.09. The highest BCUT2D eigenvalue weighted by Gasteiger charge is 2.15. The van der Waals surface area contributed by atoms with Crippen molar-refractivity contribution in [3.05, 3.63) is 11.8 Å². The number of hydrogen-bond acceptors (Lipinski definition) is 5. The zero-order chi connectivity index (χ0) is 11.4. The van der Waals surface area contributed by atoms with Gasteiger partial charge in [-0.25, -0.2) is 4.98 Å². The van der Waals surface area contributed by atoms with Crippen LogP contribution in [0.25, 0.3) is 0 Å². The fraction of sp³-hybridized carbons (Fsp3) is 0.636. The lowest BCUT2D eigenvalue weighted by Gasteiger charge is -2.13. The molecule has 88 valence electrons. The van der Waals surface area contributed by atoms with Crippen LogP contribution < -0.4 is 10.6 Å². The zero-order valence-corrected chi connectivity index (χ0v) is 10.6. The minimum Gasteiger partial charge on any atom is -0.366 e. The Kier molecular flexibility index (Phi) is 3.88. The standard InChI is InChI=1S/C11H18N4S/c1-3-12-11-13-8(2)6-10(15-11)14-9-4-5-16-7-9/h6,9H,3-5,7H2,1-2H3,(H2,12,13,14,15). The smallest absolute Gasteiger partial charge is 0.224 e. The summed E-state index contributed by atoms with van der Waals surface area (Å²) in [5, 5.41) is 6.61. The van der Waals surface area contributed by atoms with Crippen molar-refractivity contribution in [3.8, 4) is 0 Å². The number of nitrogens with zero attached hydrogens (tertiary/aromatic N) is 2. The number of thioether (sulfide) groups is 1. The van der Waals surface area contributed by atoms with Crippen molar-refractivity contribution in [2.75, 3.05) is 28.7 Å². The molecule has 1 aromatic heterocycles. The summed E-state index contributed by atoms with van der Waals surface area (Å²) >= 11 is 2.00. The SMILES string of the molecule is CCNc1nc(C)cc(NC2CCSC2)n1. The Labute approximate surface area is 101 Å². The maximum atomic E-state index is 4.44. The van der Waals surface area contributed by atoms with Crippen LogP contribution in [0.2, 0.25) is 0 Å². The molecular weight excluding hydrogens is 220 g/mol. The van der Waals surface area contributed by atoms with Crippen molar-refractivity contribution in [1.82, 2.24) is 9.97 Å². The summed E-state index contributed by atoms with van der Waals surface area (Å²) in [6.45, 7) is 4.89. The number of anilines is 2. The van der Waals surface area contributed by atoms with Gasteiger partial charge in [0.1, 0.15) is 5.82 Å². The van der Waals surface area contributed by atoms with E-state index in [-0.39, 0.29) is 0 Å². The molecule has 0 aliphatic carbocycles. The number of hydrogen-bond donors (Lipinski definition) is 2. The third-order valence-electron chi connectivity index (χ3n) is 2.47. The monoisotopic (exact) mass is 238 g/mol. The molecule has 0 bridgehead atoms. The minimum atomic E-state index is 0.564. The first-order chi connectivity index (χ1) is 7.78. The summed E-state index contributed by atoms with van der Waals surface area (Å²) in [6, 6.07) is 2.57. The number of aryl methyl sites for hydroxylation is 1. The molecular formula is C11H18N4S. The third-order valence-corrected chi connectivity index (χ3v) is 3.63. The lowest BCUT2D eigenvalue weighted by molar-refractivity contribution is 0.805. The van der Waals surface area contributed by atoms with E-state index in [0.29, 0.717) is 6.04 Å². The maximum Gasteiger partial charge on any atom is 0.224 e. The van der Waals surface area contributed by atoms with Gasteiger partial charge in [-0.15, -0.1) is 0 Å². The Balaban J connectivity index is 2.06. The lowest BCUT2D eigenvalue weighted by Crippen LogP contribution is -2.19. The predicted octanol–water partition coefficient (Wildman–Crippen LogP) is 2.13. The van der Waals surface area contributed by atoms with Crippen molar-refractivity contribution < 1.29 is 0 Å². The van der Waals surface area contributed by atoms with E-state index in [2.05, 4.69) is 20.6 Å². The van der Waals surface area contributed by atoms with E-state index >= 15 is 0 Å². The molecule has 2 N–H and O–H groups in total. The molecule has 0 radical (unpaired) electrons. The molecule has 0 amide bonds. The van der Waals surface area contributed by atoms with Crippen LogP contribution in [0.1, 0.15) is 19.0 Å². The van der Waals surface area contributed by atoms with E-state index in [1.54, 1.807) is 0 Å². The molecule has 2 heterocycles. The van der Waals surface area contributed by atoms with E-state index < -0.39 is 0 Å². The summed E-state index contributed by atoms with van der Waals surface area (Å²) < 4.78 is 0. The predicted molar refractivity (Wildman–Crippen MR) is 70.3 cm³/mol. The Hall–Kier alpha value is -0.970. The van der Waals surface area contributed by atoms with Crippen molar-refractivity contribution in [2.45, 2.75) is 26.3 Å². The first-order valence-electron chi connectivity index (χ1n) is 5.71. The highest BCUT2D eigenvalue weighted by Crippen LogP contribution is 2.21. The highest BCUT2D eigenvalue weighted by atomic mass is 32.2. The average molecular weight is 238 g/mol. The first kappa shape index (κ1) is 11.5. The van der Waals surface area contributed by atoms with Gasteiger partial charge in [0.05, 0.1) is 0 Å². The molecule has 1 aliphatic heterocycles. The molecule has 2 rings (SSSR count). The highest BCUT2D eigenvalue weighted by molar-refractivity contribution is 7.99. The molecule has 1 aromatic rings. The van der Waals surface area contributed by atoms with Crippen LogP contribution in [-0.4, -0.2) is 34.1 Å². The third kappa shape index (κ3) is 3.01. The second-order valence-electron chi connectivity index (χ2n) is 3.95. The Morgan fingerprint density at radius 1 is 1.50 bits per heavy atom. The molecule has 1 fully saturated rings. The molecule has 0 spiro atoms. The number of rotatable bonds is 4. The first-order valence-corrected chi connectivity index (χ1v) is 6.87. The van der Waals surface area contributed by atoms with Crippen LogP contribution in [0, 0.1) is 6.92 Å². The van der Waals surface area contributed by atoms with Crippen LogP contribution in [0.3, 0.4) is 0 Å². The summed E-state index contributed by atoms with van der Waals surface area (Å²) in [6.07, 6.45) is 1.23. The van der Waals surface area contributed by atoms with Gasteiger partial charge >= 0.3 is 0 Å². The molecule has 0 saturated carbocycles. The van der Waals surface area contributed by atoms with Gasteiger partial charge in [0.15, 0.2) is 0 Å². The van der Waals surface area contributed by atoms with Crippen molar-refractivity contribution in [1.29, 1.82) is 0 Å². The molecule has 5 heteroatoms. The summed E-state index contributed by atoms with van der Waals surface area (Å²) in [4.78, 5) is 8.77. The van der Waals surface area contributed by atoms with Crippen LogP contribution in [0.15, 0.2) is 6.07 Å². The van der Waals surface area contributed by atoms with Crippen LogP contribution in [-0.2, 0) is 0 Å². The average Bonchev–Trinajstić information content (AvgIpc) is 2.70. The van der Waals surface area contributed by atoms with E-state index in [4.69, 9.17) is 0 Å². The van der Waals surface area contributed by atoms with E-state index in [0.717, 1.165) is 24.0 Å². The molecule has 1 saturated heterocycles. The second kappa shape index (κ2) is 5.39. The normalized spacial score (nSPS) is 19.8. The van der Waals surface area contributed by atoms with E-state index in [9.17, 15) is 0 Å². The van der Waals surface area contributed by atoms with Gasteiger partial charge in [-0.2, -0.15) is 16.7 Å². The second-order valence-corrected chi connectivity index (χ2v) is 5.10. The van der Waals surface area contributed by atoms with E-state index in [1.165, 1.54) is 17.9 Å². The fourth-order valence-corrected chi connectivity index (χ4v) is 2.89. The Morgan fingerprint density at radius 3 is 3.06 bits per heavy atom. The van der Waals surface area contributed by atoms with Gasteiger partial charge in [0.2, 0.25) is 5.95 Å². The molecule has 0 aromatic carbocycles. The lowest BCUT2D eigenvalue weighted by atomic mass is 10.2. The molecule has 4 nitrogen and oxygen atoms in total. The Morgan fingerprint density at radius 2 is 2.38 bits per heavy atom. The van der Waals surface area contributed by atoms with Crippen LogP contribution >= 0.6 is 11.8 Å². The van der Waals surface area contributed by atoms with Gasteiger partial charge in [-0.05, 0) is 26.0 Å². The Bertz CT molecular complexity index is 350. The maximum absolute atomic E-state index is 4.44. The zero-order valence-electron chi connectivity index (χ0n) is 9.79. The molecule has 1 atom stereocenters. The molecule has 16 heavy (non-hydrogen) atoms. The number of aromatic nitrogens is 2. The van der Waals surface area contributed by atoms with E-state index in [1.807, 2.05) is 31.7 Å².